The molecule has 0 aliphatic heterocycles. The maximum atomic E-state index is 10.2. The molecule has 0 fully saturated rings. The Labute approximate surface area is 200 Å². The molecule has 0 unspecified atom stereocenters. The number of nitrogens with zero attached hydrogens (tertiary/aromatic N) is 1. The van der Waals surface area contributed by atoms with E-state index in [4.69, 9.17) is 27.5 Å². The van der Waals surface area contributed by atoms with Gasteiger partial charge in [0, 0.05) is 38.5 Å². The van der Waals surface area contributed by atoms with Gasteiger partial charge in [-0.2, -0.15) is 0 Å². The summed E-state index contributed by atoms with van der Waals surface area (Å²) in [5, 5.41) is 10.2. The molecule has 184 valence electrons. The lowest BCUT2D eigenvalue weighted by Crippen LogP contribution is -2.42. The van der Waals surface area contributed by atoms with Gasteiger partial charge in [-0.15, -0.1) is 0 Å². The van der Waals surface area contributed by atoms with Crippen LogP contribution in [-0.2, 0) is 13.3 Å². The molecule has 0 spiro atoms. The topological polar surface area (TPSA) is 104 Å². The summed E-state index contributed by atoms with van der Waals surface area (Å²) in [6.45, 7) is 2.47. The number of aryl methyl sites for hydroxylation is 1. The molecule has 2 aromatic carbocycles. The highest BCUT2D eigenvalue weighted by Gasteiger charge is 2.36. The van der Waals surface area contributed by atoms with Gasteiger partial charge in [-0.3, -0.25) is 0 Å². The molecule has 1 heterocycles. The summed E-state index contributed by atoms with van der Waals surface area (Å²) in [4.78, 5) is 8.02. The summed E-state index contributed by atoms with van der Waals surface area (Å²) in [7, 11) is 5.23. The van der Waals surface area contributed by atoms with Crippen molar-refractivity contribution in [1.29, 1.82) is 0 Å². The van der Waals surface area contributed by atoms with E-state index in [0.29, 0.717) is 30.0 Å². The first-order chi connectivity index (χ1) is 16.4. The Morgan fingerprint density at radius 3 is 2.00 bits per heavy atom. The van der Waals surface area contributed by atoms with Crippen molar-refractivity contribution < 1.29 is 32.6 Å². The zero-order valence-electron chi connectivity index (χ0n) is 20.4. The summed E-state index contributed by atoms with van der Waals surface area (Å²) in [6.07, 6.45) is 0.756. The molecule has 0 atom stereocenters. The molecule has 0 bridgehead atoms. The summed E-state index contributed by atoms with van der Waals surface area (Å²) >= 11 is 0. The van der Waals surface area contributed by atoms with E-state index in [1.54, 1.807) is 33.5 Å². The summed E-state index contributed by atoms with van der Waals surface area (Å²) in [6, 6.07) is 11.9. The molecule has 0 saturated carbocycles. The number of aromatic amines is 1. The fourth-order valence-corrected chi connectivity index (χ4v) is 5.35. The molecule has 0 aliphatic rings. The van der Waals surface area contributed by atoms with Crippen molar-refractivity contribution in [2.24, 2.45) is 0 Å². The molecule has 0 amide bonds. The molecule has 9 nitrogen and oxygen atoms in total. The van der Waals surface area contributed by atoms with E-state index in [2.05, 4.69) is 9.97 Å². The van der Waals surface area contributed by atoms with Crippen LogP contribution >= 0.6 is 0 Å². The van der Waals surface area contributed by atoms with Gasteiger partial charge < -0.3 is 37.6 Å². The van der Waals surface area contributed by atoms with Gasteiger partial charge >= 0.3 is 8.80 Å². The van der Waals surface area contributed by atoms with E-state index in [1.165, 1.54) is 14.2 Å². The maximum Gasteiger partial charge on any atom is 0.500 e. The first-order valence-corrected chi connectivity index (χ1v) is 12.7. The average Bonchev–Trinajstić information content (AvgIpc) is 3.26. The third-order valence-corrected chi connectivity index (χ3v) is 8.44. The minimum absolute atomic E-state index is 0.0486. The highest BCUT2D eigenvalue weighted by Crippen LogP contribution is 2.40. The number of imidazole rings is 1. The van der Waals surface area contributed by atoms with Crippen molar-refractivity contribution in [2.45, 2.75) is 19.4 Å². The van der Waals surface area contributed by atoms with Gasteiger partial charge in [-0.05, 0) is 49.7 Å². The molecule has 3 rings (SSSR count). The van der Waals surface area contributed by atoms with Crippen LogP contribution in [0.4, 0.5) is 0 Å². The van der Waals surface area contributed by atoms with Crippen molar-refractivity contribution >= 4 is 8.80 Å². The van der Waals surface area contributed by atoms with Gasteiger partial charge in [-0.25, -0.2) is 4.98 Å². The van der Waals surface area contributed by atoms with Crippen LogP contribution in [0.2, 0.25) is 6.04 Å². The lowest BCUT2D eigenvalue weighted by molar-refractivity contribution is 0.121. The SMILES string of the molecule is COc1cc(-c2nc(C)c(-c3ccc(OCCC[Si](OC)(OC)OC)cc3)[nH]2)cc(OC)c1O. The predicted molar refractivity (Wildman–Crippen MR) is 131 cm³/mol. The third kappa shape index (κ3) is 5.53. The van der Waals surface area contributed by atoms with Crippen LogP contribution in [0.25, 0.3) is 22.6 Å². The van der Waals surface area contributed by atoms with Crippen molar-refractivity contribution in [3.63, 3.8) is 0 Å². The van der Waals surface area contributed by atoms with E-state index in [9.17, 15) is 5.11 Å². The zero-order chi connectivity index (χ0) is 24.7. The number of rotatable bonds is 12. The highest BCUT2D eigenvalue weighted by atomic mass is 28.4. The normalized spacial score (nSPS) is 11.5. The number of hydrogen-bond acceptors (Lipinski definition) is 8. The Morgan fingerprint density at radius 2 is 1.47 bits per heavy atom. The minimum atomic E-state index is -2.58. The molecule has 34 heavy (non-hydrogen) atoms. The number of phenols is 1. The Hall–Kier alpha value is -3.05. The molecule has 0 aliphatic carbocycles. The molecular formula is C24H32N2O7Si. The average molecular weight is 489 g/mol. The second-order valence-corrected chi connectivity index (χ2v) is 10.6. The van der Waals surface area contributed by atoms with Gasteiger partial charge in [0.2, 0.25) is 5.75 Å². The summed E-state index contributed by atoms with van der Waals surface area (Å²) < 4.78 is 32.7. The van der Waals surface area contributed by atoms with Crippen LogP contribution in [0.1, 0.15) is 12.1 Å². The Morgan fingerprint density at radius 1 is 0.882 bits per heavy atom. The predicted octanol–water partition coefficient (Wildman–Crippen LogP) is 4.42. The van der Waals surface area contributed by atoms with E-state index in [-0.39, 0.29) is 5.75 Å². The Bertz CT molecular complexity index is 1050. The monoisotopic (exact) mass is 488 g/mol. The lowest BCUT2D eigenvalue weighted by Gasteiger charge is -2.24. The number of aromatic hydroxyl groups is 1. The second kappa shape index (κ2) is 11.4. The van der Waals surface area contributed by atoms with Gasteiger partial charge in [-0.1, -0.05) is 0 Å². The Kier molecular flexibility index (Phi) is 8.56. The summed E-state index contributed by atoms with van der Waals surface area (Å²) in [5.41, 5.74) is 3.45. The van der Waals surface area contributed by atoms with Crippen LogP contribution in [-0.4, -0.2) is 66.0 Å². The van der Waals surface area contributed by atoms with Crippen LogP contribution in [0.15, 0.2) is 36.4 Å². The van der Waals surface area contributed by atoms with Gasteiger partial charge in [0.1, 0.15) is 11.6 Å². The smallest absolute Gasteiger partial charge is 0.500 e. The third-order valence-electron chi connectivity index (χ3n) is 5.61. The minimum Gasteiger partial charge on any atom is -0.502 e. The van der Waals surface area contributed by atoms with Crippen LogP contribution < -0.4 is 14.2 Å². The molecular weight excluding hydrogens is 456 g/mol. The number of hydrogen-bond donors (Lipinski definition) is 2. The van der Waals surface area contributed by atoms with Crippen molar-refractivity contribution in [1.82, 2.24) is 9.97 Å². The zero-order valence-corrected chi connectivity index (χ0v) is 21.4. The summed E-state index contributed by atoms with van der Waals surface area (Å²) in [5.74, 6) is 1.99. The number of ether oxygens (including phenoxy) is 3. The molecule has 2 N–H and O–H groups in total. The molecule has 0 radical (unpaired) electrons. The number of H-pyrrole nitrogens is 1. The van der Waals surface area contributed by atoms with Crippen molar-refractivity contribution in [2.75, 3.05) is 42.2 Å². The van der Waals surface area contributed by atoms with Gasteiger partial charge in [0.05, 0.1) is 32.2 Å². The van der Waals surface area contributed by atoms with Crippen LogP contribution in [0, 0.1) is 6.92 Å². The second-order valence-electron chi connectivity index (χ2n) is 7.55. The van der Waals surface area contributed by atoms with Crippen molar-refractivity contribution in [3.05, 3.63) is 42.1 Å². The first kappa shape index (κ1) is 25.6. The number of benzene rings is 2. The molecule has 1 aromatic heterocycles. The van der Waals surface area contributed by atoms with E-state index >= 15 is 0 Å². The quantitative estimate of drug-likeness (QED) is 0.285. The maximum absolute atomic E-state index is 10.2. The van der Waals surface area contributed by atoms with Crippen LogP contribution in [0.5, 0.6) is 23.0 Å². The van der Waals surface area contributed by atoms with Crippen molar-refractivity contribution in [3.8, 4) is 45.6 Å². The largest absolute Gasteiger partial charge is 0.502 e. The van der Waals surface area contributed by atoms with Gasteiger partial charge in [0.15, 0.2) is 11.5 Å². The van der Waals surface area contributed by atoms with E-state index in [0.717, 1.165) is 34.7 Å². The number of aromatic nitrogens is 2. The van der Waals surface area contributed by atoms with Gasteiger partial charge in [0.25, 0.3) is 0 Å². The number of nitrogens with one attached hydrogen (secondary N) is 1. The first-order valence-electron chi connectivity index (χ1n) is 10.8. The fraction of sp³-hybridized carbons (Fsp3) is 0.375. The fourth-order valence-electron chi connectivity index (χ4n) is 3.66. The Balaban J connectivity index is 1.70. The van der Waals surface area contributed by atoms with Crippen LogP contribution in [0.3, 0.4) is 0 Å². The molecule has 3 aromatic rings. The molecule has 0 saturated heterocycles. The lowest BCUT2D eigenvalue weighted by atomic mass is 10.1. The number of phenolic OH excluding ortho intramolecular Hbond substituents is 1. The molecule has 10 heteroatoms. The standard InChI is InChI=1S/C24H32N2O7Si/c1-16-22(26-24(25-16)18-14-20(28-2)23(27)21(15-18)29-3)17-8-10-19(11-9-17)33-12-7-13-34(30-4,31-5)32-6/h8-11,14-15,27H,7,12-13H2,1-6H3,(H,25,26). The van der Waals surface area contributed by atoms with E-state index < -0.39 is 8.80 Å². The highest BCUT2D eigenvalue weighted by molar-refractivity contribution is 6.60. The number of methoxy groups -OCH3 is 2. The van der Waals surface area contributed by atoms with E-state index in [1.807, 2.05) is 31.2 Å².